The molecule has 0 aliphatic rings. The zero-order valence-electron chi connectivity index (χ0n) is 14.1. The third kappa shape index (κ3) is 4.39. The number of nitro benzene ring substituents is 2. The Morgan fingerprint density at radius 1 is 1.19 bits per heavy atom. The molecule has 1 N–H and O–H groups in total. The normalized spacial score (nSPS) is 10.1. The Morgan fingerprint density at radius 3 is 2.10 bits per heavy atom. The second-order valence-corrected chi connectivity index (χ2v) is 4.73. The molecule has 0 spiro atoms. The van der Waals surface area contributed by atoms with E-state index in [1.54, 1.807) is 13.8 Å². The van der Waals surface area contributed by atoms with Gasteiger partial charge in [0.25, 0.3) is 5.69 Å². The zero-order valence-corrected chi connectivity index (χ0v) is 15.1. The van der Waals surface area contributed by atoms with Gasteiger partial charge in [-0.3, -0.25) is 20.2 Å². The van der Waals surface area contributed by atoms with Crippen LogP contribution < -0.4 is 34.9 Å². The smallest absolute Gasteiger partial charge is 1.00 e. The minimum Gasteiger partial charge on any atom is -1.00 e. The quantitative estimate of drug-likeness (QED) is 0.477. The summed E-state index contributed by atoms with van der Waals surface area (Å²) in [5.41, 5.74) is 0.555. The van der Waals surface area contributed by atoms with Crippen LogP contribution in [-0.4, -0.2) is 15.9 Å². The monoisotopic (exact) mass is 305 g/mol. The third-order valence-corrected chi connectivity index (χ3v) is 3.51. The molecule has 8 heteroatoms. The van der Waals surface area contributed by atoms with E-state index in [0.29, 0.717) is 11.1 Å². The first kappa shape index (κ1) is 19.8. The van der Waals surface area contributed by atoms with Crippen molar-refractivity contribution in [1.29, 1.82) is 0 Å². The predicted octanol–water partition coefficient (Wildman–Crippen LogP) is 0.837. The molecular formula is C13H20N3NaO4. The van der Waals surface area contributed by atoms with E-state index in [-0.39, 0.29) is 54.1 Å². The number of nitro groups is 2. The summed E-state index contributed by atoms with van der Waals surface area (Å²) < 4.78 is 0. The van der Waals surface area contributed by atoms with Crippen molar-refractivity contribution in [2.75, 3.05) is 5.32 Å². The number of rotatable bonds is 6. The van der Waals surface area contributed by atoms with Gasteiger partial charge in [0.15, 0.2) is 5.69 Å². The molecule has 1 rings (SSSR count). The maximum atomic E-state index is 11.3. The van der Waals surface area contributed by atoms with E-state index < -0.39 is 9.85 Å². The number of anilines is 1. The molecule has 0 saturated carbocycles. The number of aryl methyl sites for hydroxylation is 1. The molecule has 0 saturated heterocycles. The van der Waals surface area contributed by atoms with Gasteiger partial charge in [-0.25, -0.2) is 0 Å². The van der Waals surface area contributed by atoms with Crippen molar-refractivity contribution < 1.29 is 40.8 Å². The summed E-state index contributed by atoms with van der Waals surface area (Å²) in [7, 11) is 0. The predicted molar refractivity (Wildman–Crippen MR) is 78.3 cm³/mol. The van der Waals surface area contributed by atoms with Crippen molar-refractivity contribution in [3.8, 4) is 0 Å². The molecule has 0 fully saturated rings. The van der Waals surface area contributed by atoms with Gasteiger partial charge in [-0.1, -0.05) is 13.8 Å². The Hall–Kier alpha value is -1.18. The summed E-state index contributed by atoms with van der Waals surface area (Å²) in [6, 6.07) is 1.35. The first-order valence-electron chi connectivity index (χ1n) is 6.52. The Labute approximate surface area is 147 Å². The zero-order chi connectivity index (χ0) is 15.4. The SMILES string of the molecule is CCC(CC)Nc1c([N+](=O)[O-])cc(C)c(C)c1[N+](=O)[O-].[H-].[Na+]. The Balaban J connectivity index is 0. The van der Waals surface area contributed by atoms with Crippen molar-refractivity contribution >= 4 is 17.1 Å². The van der Waals surface area contributed by atoms with E-state index in [1.807, 2.05) is 13.8 Å². The van der Waals surface area contributed by atoms with E-state index in [4.69, 9.17) is 0 Å². The van der Waals surface area contributed by atoms with Gasteiger partial charge in [0.2, 0.25) is 0 Å². The molecule has 0 unspecified atom stereocenters. The van der Waals surface area contributed by atoms with Crippen LogP contribution in [0, 0.1) is 34.1 Å². The third-order valence-electron chi connectivity index (χ3n) is 3.51. The summed E-state index contributed by atoms with van der Waals surface area (Å²) in [6.07, 6.45) is 1.47. The van der Waals surface area contributed by atoms with E-state index >= 15 is 0 Å². The summed E-state index contributed by atoms with van der Waals surface area (Å²) in [5, 5.41) is 25.4. The van der Waals surface area contributed by atoms with Crippen LogP contribution in [-0.2, 0) is 0 Å². The van der Waals surface area contributed by atoms with Crippen molar-refractivity contribution in [2.24, 2.45) is 0 Å². The van der Waals surface area contributed by atoms with E-state index in [9.17, 15) is 20.2 Å². The molecule has 21 heavy (non-hydrogen) atoms. The van der Waals surface area contributed by atoms with Crippen LogP contribution in [0.4, 0.5) is 17.1 Å². The molecule has 1 aromatic rings. The van der Waals surface area contributed by atoms with Gasteiger partial charge >= 0.3 is 35.2 Å². The molecular weight excluding hydrogens is 285 g/mol. The number of benzene rings is 1. The van der Waals surface area contributed by atoms with Crippen LogP contribution in [0.2, 0.25) is 0 Å². The maximum absolute atomic E-state index is 11.3. The molecule has 0 aliphatic carbocycles. The van der Waals surface area contributed by atoms with Crippen LogP contribution in [0.3, 0.4) is 0 Å². The molecule has 0 aliphatic heterocycles. The standard InChI is InChI=1S/C13H19N3O4.Na.H/c1-5-10(6-2)14-12-11(15(17)18)7-8(3)9(4)13(12)16(19)20;;/h7,10,14H,5-6H2,1-4H3;;/q;+1;-1. The summed E-state index contributed by atoms with van der Waals surface area (Å²) in [6.45, 7) is 7.10. The van der Waals surface area contributed by atoms with Crippen LogP contribution in [0.25, 0.3) is 0 Å². The van der Waals surface area contributed by atoms with Crippen LogP contribution in [0.1, 0.15) is 39.2 Å². The number of hydrogen-bond acceptors (Lipinski definition) is 5. The fourth-order valence-corrected chi connectivity index (χ4v) is 2.09. The average molecular weight is 305 g/mol. The molecule has 0 amide bonds. The summed E-state index contributed by atoms with van der Waals surface area (Å²) >= 11 is 0. The molecule has 0 heterocycles. The molecule has 0 atom stereocenters. The van der Waals surface area contributed by atoms with Crippen molar-refractivity contribution in [3.63, 3.8) is 0 Å². The van der Waals surface area contributed by atoms with Crippen molar-refractivity contribution in [3.05, 3.63) is 37.4 Å². The van der Waals surface area contributed by atoms with Crippen LogP contribution in [0.5, 0.6) is 0 Å². The Morgan fingerprint density at radius 2 is 1.71 bits per heavy atom. The van der Waals surface area contributed by atoms with Gasteiger partial charge < -0.3 is 6.74 Å². The summed E-state index contributed by atoms with van der Waals surface area (Å²) in [4.78, 5) is 21.3. The molecule has 112 valence electrons. The van der Waals surface area contributed by atoms with Gasteiger partial charge in [-0.15, -0.1) is 0 Å². The van der Waals surface area contributed by atoms with Crippen LogP contribution >= 0.6 is 0 Å². The molecule has 0 radical (unpaired) electrons. The van der Waals surface area contributed by atoms with Crippen molar-refractivity contribution in [2.45, 2.75) is 46.6 Å². The van der Waals surface area contributed by atoms with Gasteiger partial charge in [0.05, 0.1) is 9.85 Å². The van der Waals surface area contributed by atoms with E-state index in [0.717, 1.165) is 12.8 Å². The van der Waals surface area contributed by atoms with E-state index in [2.05, 4.69) is 5.32 Å². The van der Waals surface area contributed by atoms with Gasteiger partial charge in [-0.2, -0.15) is 0 Å². The molecule has 0 bridgehead atoms. The second kappa shape index (κ2) is 8.31. The first-order valence-corrected chi connectivity index (χ1v) is 6.52. The van der Waals surface area contributed by atoms with Crippen molar-refractivity contribution in [1.82, 2.24) is 0 Å². The number of nitrogens with zero attached hydrogens (tertiary/aromatic N) is 2. The fraction of sp³-hybridized carbons (Fsp3) is 0.538. The summed E-state index contributed by atoms with van der Waals surface area (Å²) in [5.74, 6) is 0. The Bertz CT molecular complexity index is 551. The second-order valence-electron chi connectivity index (χ2n) is 4.73. The first-order chi connectivity index (χ1) is 9.33. The van der Waals surface area contributed by atoms with Gasteiger partial charge in [0.1, 0.15) is 0 Å². The minimum atomic E-state index is -0.579. The Kier molecular flexibility index (Phi) is 7.84. The number of nitrogens with one attached hydrogen (secondary N) is 1. The average Bonchev–Trinajstić information content (AvgIpc) is 2.38. The van der Waals surface area contributed by atoms with E-state index in [1.165, 1.54) is 6.07 Å². The fourth-order valence-electron chi connectivity index (χ4n) is 2.09. The minimum absolute atomic E-state index is 0. The molecule has 7 nitrogen and oxygen atoms in total. The largest absolute Gasteiger partial charge is 1.00 e. The number of hydrogen-bond donors (Lipinski definition) is 1. The van der Waals surface area contributed by atoms with Gasteiger partial charge in [0, 0.05) is 17.7 Å². The topological polar surface area (TPSA) is 98.3 Å². The molecule has 1 aromatic carbocycles. The van der Waals surface area contributed by atoms with Crippen LogP contribution in [0.15, 0.2) is 6.07 Å². The molecule has 0 aromatic heterocycles. The van der Waals surface area contributed by atoms with Gasteiger partial charge in [-0.05, 0) is 32.3 Å². The maximum Gasteiger partial charge on any atom is 1.00 e.